The second kappa shape index (κ2) is 5.64. The van der Waals surface area contributed by atoms with E-state index in [9.17, 15) is 23.4 Å². The van der Waals surface area contributed by atoms with Crippen molar-refractivity contribution in [2.75, 3.05) is 18.0 Å². The van der Waals surface area contributed by atoms with Crippen LogP contribution in [0.5, 0.6) is 5.75 Å². The van der Waals surface area contributed by atoms with Crippen LogP contribution in [0.1, 0.15) is 35.4 Å². The van der Waals surface area contributed by atoms with Gasteiger partial charge in [0.15, 0.2) is 5.82 Å². The quantitative estimate of drug-likeness (QED) is 0.857. The highest BCUT2D eigenvalue weighted by Crippen LogP contribution is 2.51. The van der Waals surface area contributed by atoms with Gasteiger partial charge in [-0.2, -0.15) is 13.2 Å². The molecule has 2 aliphatic rings. The number of nitrogens with zero attached hydrogens (tertiary/aromatic N) is 3. The number of rotatable bonds is 2. The van der Waals surface area contributed by atoms with Gasteiger partial charge in [0.1, 0.15) is 5.75 Å². The molecule has 26 heavy (non-hydrogen) atoms. The minimum Gasteiger partial charge on any atom is -0.507 e. The van der Waals surface area contributed by atoms with E-state index in [1.54, 1.807) is 0 Å². The fourth-order valence-electron chi connectivity index (χ4n) is 4.23. The number of aromatic nitrogens is 2. The number of hydrogen-bond acceptors (Lipinski definition) is 4. The van der Waals surface area contributed by atoms with E-state index in [1.165, 1.54) is 25.5 Å². The second-order valence-corrected chi connectivity index (χ2v) is 7.02. The molecule has 0 amide bonds. The molecule has 0 fully saturated rings. The number of phenols is 1. The van der Waals surface area contributed by atoms with Gasteiger partial charge >= 0.3 is 6.18 Å². The third-order valence-electron chi connectivity index (χ3n) is 5.44. The summed E-state index contributed by atoms with van der Waals surface area (Å²) in [5.41, 5.74) is -1.82. The van der Waals surface area contributed by atoms with Crippen LogP contribution in [0.25, 0.3) is 0 Å². The maximum absolute atomic E-state index is 14.0. The first kappa shape index (κ1) is 17.2. The minimum absolute atomic E-state index is 0.474. The van der Waals surface area contributed by atoms with Crippen LogP contribution in [-0.4, -0.2) is 39.0 Å². The number of halogens is 3. The van der Waals surface area contributed by atoms with Gasteiger partial charge in [-0.3, -0.25) is 0 Å². The molecule has 2 N–H and O–H groups in total. The van der Waals surface area contributed by atoms with Crippen LogP contribution in [0.3, 0.4) is 0 Å². The minimum atomic E-state index is -5.03. The summed E-state index contributed by atoms with van der Waals surface area (Å²) >= 11 is 0. The van der Waals surface area contributed by atoms with Crippen molar-refractivity contribution in [3.05, 3.63) is 41.0 Å². The zero-order chi connectivity index (χ0) is 18.7. The SMILES string of the molecule is Cn1ccnc1[C@@](O)(c1cc2c3c(c1O)CCCN3CCC2)C(F)(F)F. The Morgan fingerprint density at radius 1 is 1.15 bits per heavy atom. The van der Waals surface area contributed by atoms with Crippen LogP contribution in [0.15, 0.2) is 18.5 Å². The first-order valence-corrected chi connectivity index (χ1v) is 8.65. The fourth-order valence-corrected chi connectivity index (χ4v) is 4.23. The first-order valence-electron chi connectivity index (χ1n) is 8.65. The van der Waals surface area contributed by atoms with Crippen molar-refractivity contribution in [3.8, 4) is 5.75 Å². The molecule has 2 aromatic rings. The summed E-state index contributed by atoms with van der Waals surface area (Å²) in [6.45, 7) is 1.67. The van der Waals surface area contributed by atoms with Gasteiger partial charge in [0.25, 0.3) is 0 Å². The number of alkyl halides is 3. The van der Waals surface area contributed by atoms with E-state index >= 15 is 0 Å². The lowest BCUT2D eigenvalue weighted by atomic mass is 9.82. The van der Waals surface area contributed by atoms with Gasteiger partial charge in [0.05, 0.1) is 0 Å². The smallest absolute Gasteiger partial charge is 0.429 e. The van der Waals surface area contributed by atoms with E-state index in [0.29, 0.717) is 18.4 Å². The average molecular weight is 367 g/mol. The van der Waals surface area contributed by atoms with Crippen LogP contribution in [0, 0.1) is 0 Å². The molecule has 8 heteroatoms. The van der Waals surface area contributed by atoms with E-state index in [0.717, 1.165) is 41.7 Å². The molecule has 0 spiro atoms. The lowest BCUT2D eigenvalue weighted by molar-refractivity contribution is -0.252. The van der Waals surface area contributed by atoms with Crippen molar-refractivity contribution in [1.82, 2.24) is 9.55 Å². The molecule has 0 saturated carbocycles. The molecule has 0 aliphatic carbocycles. The molecule has 5 nitrogen and oxygen atoms in total. The van der Waals surface area contributed by atoms with Crippen molar-refractivity contribution in [3.63, 3.8) is 0 Å². The van der Waals surface area contributed by atoms with E-state index in [-0.39, 0.29) is 0 Å². The molecule has 140 valence electrons. The summed E-state index contributed by atoms with van der Waals surface area (Å²) in [7, 11) is 1.39. The molecule has 2 aliphatic heterocycles. The van der Waals surface area contributed by atoms with Gasteiger partial charge < -0.3 is 19.7 Å². The lowest BCUT2D eigenvalue weighted by Crippen LogP contribution is -2.46. The van der Waals surface area contributed by atoms with Crippen molar-refractivity contribution < 1.29 is 23.4 Å². The third-order valence-corrected chi connectivity index (χ3v) is 5.44. The lowest BCUT2D eigenvalue weighted by Gasteiger charge is -2.39. The fraction of sp³-hybridized carbons (Fsp3) is 0.500. The summed E-state index contributed by atoms with van der Waals surface area (Å²) < 4.78 is 43.3. The van der Waals surface area contributed by atoms with Crippen molar-refractivity contribution in [1.29, 1.82) is 0 Å². The number of aryl methyl sites for hydroxylation is 2. The predicted molar refractivity (Wildman–Crippen MR) is 89.2 cm³/mol. The Labute approximate surface area is 148 Å². The zero-order valence-corrected chi connectivity index (χ0v) is 14.3. The van der Waals surface area contributed by atoms with Gasteiger partial charge in [-0.15, -0.1) is 0 Å². The van der Waals surface area contributed by atoms with E-state index in [4.69, 9.17) is 0 Å². The maximum atomic E-state index is 14.0. The number of aliphatic hydroxyl groups is 1. The second-order valence-electron chi connectivity index (χ2n) is 7.02. The number of phenolic OH excluding ortho intramolecular Hbond substituents is 1. The normalized spacial score (nSPS) is 19.2. The Bertz CT molecular complexity index is 860. The summed E-state index contributed by atoms with van der Waals surface area (Å²) in [5.74, 6) is -1.03. The van der Waals surface area contributed by atoms with E-state index < -0.39 is 28.9 Å². The van der Waals surface area contributed by atoms with Gasteiger partial charge in [0.2, 0.25) is 5.60 Å². The zero-order valence-electron chi connectivity index (χ0n) is 14.3. The third kappa shape index (κ3) is 2.24. The molecule has 1 aromatic heterocycles. The maximum Gasteiger partial charge on any atom is 0.429 e. The number of anilines is 1. The van der Waals surface area contributed by atoms with E-state index in [2.05, 4.69) is 9.88 Å². The highest BCUT2D eigenvalue weighted by Gasteiger charge is 2.60. The van der Waals surface area contributed by atoms with Crippen LogP contribution < -0.4 is 4.90 Å². The number of imidazole rings is 1. The first-order chi connectivity index (χ1) is 12.2. The Kier molecular flexibility index (Phi) is 3.73. The molecule has 4 rings (SSSR count). The molecule has 0 radical (unpaired) electrons. The summed E-state index contributed by atoms with van der Waals surface area (Å²) in [5, 5.41) is 21.6. The highest BCUT2D eigenvalue weighted by atomic mass is 19.4. The molecule has 1 atom stereocenters. The van der Waals surface area contributed by atoms with Crippen LogP contribution >= 0.6 is 0 Å². The van der Waals surface area contributed by atoms with Gasteiger partial charge in [-0.25, -0.2) is 4.98 Å². The van der Waals surface area contributed by atoms with Crippen molar-refractivity contribution in [2.45, 2.75) is 37.5 Å². The average Bonchev–Trinajstić information content (AvgIpc) is 3.03. The summed E-state index contributed by atoms with van der Waals surface area (Å²) in [4.78, 5) is 5.86. The Hall–Kier alpha value is -2.22. The van der Waals surface area contributed by atoms with Gasteiger partial charge in [-0.05, 0) is 37.3 Å². The predicted octanol–water partition coefficient (Wildman–Crippen LogP) is 2.62. The summed E-state index contributed by atoms with van der Waals surface area (Å²) in [6.07, 6.45) is 0.224. The van der Waals surface area contributed by atoms with Gasteiger partial charge in [0, 0.05) is 49.3 Å². The topological polar surface area (TPSA) is 61.5 Å². The number of benzene rings is 1. The monoisotopic (exact) mass is 367 g/mol. The standard InChI is InChI=1S/C18H20F3N3O2/c1-23-9-6-22-16(23)17(26,18(19,20)21)13-10-11-4-2-7-24-8-3-5-12(14(11)24)15(13)25/h6,9-10,25-26H,2-5,7-8H2,1H3/t17-/m0/s1. The Balaban J connectivity index is 2.01. The molecular weight excluding hydrogens is 347 g/mol. The van der Waals surface area contributed by atoms with Crippen molar-refractivity contribution >= 4 is 5.69 Å². The largest absolute Gasteiger partial charge is 0.507 e. The molecular formula is C18H20F3N3O2. The summed E-state index contributed by atoms with van der Waals surface area (Å²) in [6, 6.07) is 1.31. The van der Waals surface area contributed by atoms with Crippen LogP contribution in [-0.2, 0) is 25.5 Å². The molecule has 0 saturated heterocycles. The highest BCUT2D eigenvalue weighted by molar-refractivity contribution is 5.70. The Morgan fingerprint density at radius 2 is 1.85 bits per heavy atom. The molecule has 0 bridgehead atoms. The van der Waals surface area contributed by atoms with Crippen LogP contribution in [0.2, 0.25) is 0 Å². The molecule has 3 heterocycles. The molecule has 1 aromatic carbocycles. The number of aromatic hydroxyl groups is 1. The van der Waals surface area contributed by atoms with Crippen molar-refractivity contribution in [2.24, 2.45) is 7.05 Å². The van der Waals surface area contributed by atoms with Crippen LogP contribution in [0.4, 0.5) is 18.9 Å². The number of hydrogen-bond donors (Lipinski definition) is 2. The Morgan fingerprint density at radius 3 is 2.46 bits per heavy atom. The van der Waals surface area contributed by atoms with Gasteiger partial charge in [-0.1, -0.05) is 0 Å². The van der Waals surface area contributed by atoms with E-state index in [1.807, 2.05) is 0 Å². The molecule has 0 unspecified atom stereocenters.